The number of nitrogens with zero attached hydrogens (tertiary/aromatic N) is 1. The van der Waals surface area contributed by atoms with Crippen LogP contribution in [0.1, 0.15) is 18.9 Å². The van der Waals surface area contributed by atoms with Gasteiger partial charge in [0, 0.05) is 38.1 Å². The number of benzene rings is 2. The molecule has 0 aromatic heterocycles. The van der Waals surface area contributed by atoms with Crippen LogP contribution in [-0.4, -0.2) is 20.7 Å². The van der Waals surface area contributed by atoms with Crippen LogP contribution in [0.25, 0.3) is 0 Å². The Morgan fingerprint density at radius 1 is 1.05 bits per heavy atom. The minimum atomic E-state index is 0.759. The van der Waals surface area contributed by atoms with Crippen LogP contribution in [0.5, 0.6) is 5.75 Å². The van der Waals surface area contributed by atoms with Gasteiger partial charge in [-0.15, -0.1) is 0 Å². The van der Waals surface area contributed by atoms with Gasteiger partial charge in [-0.2, -0.15) is 0 Å². The molecule has 0 unspecified atom stereocenters. The van der Waals surface area contributed by atoms with Gasteiger partial charge >= 0.3 is 0 Å². The highest BCUT2D eigenvalue weighted by Gasteiger charge is 1.99. The third-order valence-corrected chi connectivity index (χ3v) is 3.26. The van der Waals surface area contributed by atoms with E-state index >= 15 is 0 Å². The Morgan fingerprint density at radius 2 is 1.81 bits per heavy atom. The van der Waals surface area contributed by atoms with E-state index in [9.17, 15) is 0 Å². The van der Waals surface area contributed by atoms with Gasteiger partial charge in [-0.3, -0.25) is 0 Å². The van der Waals surface area contributed by atoms with Crippen LogP contribution in [0, 0.1) is 0 Å². The van der Waals surface area contributed by atoms with Gasteiger partial charge in [0.25, 0.3) is 0 Å². The zero-order valence-electron chi connectivity index (χ0n) is 13.1. The fourth-order valence-corrected chi connectivity index (χ4v) is 2.03. The van der Waals surface area contributed by atoms with Crippen molar-refractivity contribution in [2.24, 2.45) is 0 Å². The van der Waals surface area contributed by atoms with Crippen LogP contribution in [0.15, 0.2) is 48.5 Å². The van der Waals surface area contributed by atoms with E-state index in [1.807, 2.05) is 18.2 Å². The molecule has 0 fully saturated rings. The molecule has 21 heavy (non-hydrogen) atoms. The Morgan fingerprint density at radius 3 is 2.48 bits per heavy atom. The van der Waals surface area contributed by atoms with E-state index in [4.69, 9.17) is 4.74 Å². The number of hydrogen-bond donors (Lipinski definition) is 1. The third-order valence-electron chi connectivity index (χ3n) is 3.26. The SMILES string of the molecule is CCCOc1cccc(NCc2ccc(N(C)C)cc2)c1. The summed E-state index contributed by atoms with van der Waals surface area (Å²) >= 11 is 0. The fraction of sp³-hybridized carbons (Fsp3) is 0.333. The molecule has 0 aliphatic carbocycles. The van der Waals surface area contributed by atoms with E-state index in [-0.39, 0.29) is 0 Å². The van der Waals surface area contributed by atoms with E-state index in [0.29, 0.717) is 0 Å². The minimum absolute atomic E-state index is 0.759. The number of hydrogen-bond acceptors (Lipinski definition) is 3. The molecule has 2 rings (SSSR count). The number of rotatable bonds is 7. The summed E-state index contributed by atoms with van der Waals surface area (Å²) < 4.78 is 5.64. The highest BCUT2D eigenvalue weighted by atomic mass is 16.5. The summed E-state index contributed by atoms with van der Waals surface area (Å²) in [4.78, 5) is 2.10. The van der Waals surface area contributed by atoms with Crippen molar-refractivity contribution in [2.45, 2.75) is 19.9 Å². The van der Waals surface area contributed by atoms with Gasteiger partial charge in [-0.05, 0) is 36.2 Å². The second kappa shape index (κ2) is 7.58. The average molecular weight is 284 g/mol. The molecular weight excluding hydrogens is 260 g/mol. The zero-order valence-corrected chi connectivity index (χ0v) is 13.1. The minimum Gasteiger partial charge on any atom is -0.494 e. The molecule has 3 heteroatoms. The van der Waals surface area contributed by atoms with Gasteiger partial charge < -0.3 is 15.0 Å². The van der Waals surface area contributed by atoms with Crippen molar-refractivity contribution in [2.75, 3.05) is 30.9 Å². The first-order valence-corrected chi connectivity index (χ1v) is 7.42. The van der Waals surface area contributed by atoms with Gasteiger partial charge in [0.05, 0.1) is 6.61 Å². The van der Waals surface area contributed by atoms with Crippen LogP contribution < -0.4 is 15.0 Å². The molecule has 112 valence electrons. The van der Waals surface area contributed by atoms with Crippen LogP contribution in [-0.2, 0) is 6.54 Å². The van der Waals surface area contributed by atoms with Crippen molar-refractivity contribution in [3.63, 3.8) is 0 Å². The second-order valence-corrected chi connectivity index (χ2v) is 5.29. The molecule has 0 saturated carbocycles. The highest BCUT2D eigenvalue weighted by molar-refractivity contribution is 5.50. The summed E-state index contributed by atoms with van der Waals surface area (Å²) in [6.07, 6.45) is 1.02. The molecule has 0 spiro atoms. The van der Waals surface area contributed by atoms with E-state index in [0.717, 1.165) is 31.0 Å². The Hall–Kier alpha value is -2.16. The summed E-state index contributed by atoms with van der Waals surface area (Å²) in [5, 5.41) is 3.43. The van der Waals surface area contributed by atoms with Gasteiger partial charge in [-0.25, -0.2) is 0 Å². The summed E-state index contributed by atoms with van der Waals surface area (Å²) in [6.45, 7) is 3.68. The van der Waals surface area contributed by atoms with Gasteiger partial charge in [0.2, 0.25) is 0 Å². The molecule has 0 bridgehead atoms. The van der Waals surface area contributed by atoms with E-state index in [1.54, 1.807) is 0 Å². The van der Waals surface area contributed by atoms with E-state index < -0.39 is 0 Å². The summed E-state index contributed by atoms with van der Waals surface area (Å²) in [6, 6.07) is 16.7. The highest BCUT2D eigenvalue weighted by Crippen LogP contribution is 2.19. The smallest absolute Gasteiger partial charge is 0.121 e. The average Bonchev–Trinajstić information content (AvgIpc) is 2.52. The van der Waals surface area contributed by atoms with Crippen molar-refractivity contribution in [3.05, 3.63) is 54.1 Å². The molecule has 0 aliphatic rings. The lowest BCUT2D eigenvalue weighted by Crippen LogP contribution is -2.08. The van der Waals surface area contributed by atoms with Crippen LogP contribution in [0.2, 0.25) is 0 Å². The van der Waals surface area contributed by atoms with E-state index in [2.05, 4.69) is 61.6 Å². The van der Waals surface area contributed by atoms with Gasteiger partial charge in [0.15, 0.2) is 0 Å². The van der Waals surface area contributed by atoms with Gasteiger partial charge in [-0.1, -0.05) is 25.1 Å². The standard InChI is InChI=1S/C18H24N2O/c1-4-12-21-18-7-5-6-16(13-18)19-14-15-8-10-17(11-9-15)20(2)3/h5-11,13,19H,4,12,14H2,1-3H3. The third kappa shape index (κ3) is 4.71. The lowest BCUT2D eigenvalue weighted by molar-refractivity contribution is 0.317. The largest absolute Gasteiger partial charge is 0.494 e. The van der Waals surface area contributed by atoms with Gasteiger partial charge in [0.1, 0.15) is 5.75 Å². The normalized spacial score (nSPS) is 10.2. The molecule has 0 saturated heterocycles. The lowest BCUT2D eigenvalue weighted by atomic mass is 10.2. The summed E-state index contributed by atoms with van der Waals surface area (Å²) in [5.74, 6) is 0.921. The van der Waals surface area contributed by atoms with Crippen molar-refractivity contribution in [1.29, 1.82) is 0 Å². The Labute approximate surface area is 127 Å². The first-order chi connectivity index (χ1) is 10.2. The first kappa shape index (κ1) is 15.2. The molecular formula is C18H24N2O. The number of anilines is 2. The van der Waals surface area contributed by atoms with Crippen molar-refractivity contribution in [3.8, 4) is 5.75 Å². The van der Waals surface area contributed by atoms with Crippen LogP contribution in [0.4, 0.5) is 11.4 Å². The Bertz CT molecular complexity index is 549. The molecule has 0 heterocycles. The second-order valence-electron chi connectivity index (χ2n) is 5.29. The summed E-state index contributed by atoms with van der Waals surface area (Å²) in [7, 11) is 4.10. The molecule has 1 N–H and O–H groups in total. The Kier molecular flexibility index (Phi) is 5.50. The monoisotopic (exact) mass is 284 g/mol. The molecule has 2 aromatic carbocycles. The number of nitrogens with one attached hydrogen (secondary N) is 1. The molecule has 0 atom stereocenters. The topological polar surface area (TPSA) is 24.5 Å². The zero-order chi connectivity index (χ0) is 15.1. The van der Waals surface area contributed by atoms with Crippen molar-refractivity contribution >= 4 is 11.4 Å². The van der Waals surface area contributed by atoms with Crippen LogP contribution >= 0.6 is 0 Å². The fourth-order valence-electron chi connectivity index (χ4n) is 2.03. The maximum atomic E-state index is 5.64. The predicted octanol–water partition coefficient (Wildman–Crippen LogP) is 4.15. The first-order valence-electron chi connectivity index (χ1n) is 7.42. The predicted molar refractivity (Wildman–Crippen MR) is 90.3 cm³/mol. The molecule has 0 radical (unpaired) electrons. The summed E-state index contributed by atoms with van der Waals surface area (Å²) in [5.41, 5.74) is 3.56. The lowest BCUT2D eigenvalue weighted by Gasteiger charge is -2.13. The van der Waals surface area contributed by atoms with Crippen LogP contribution in [0.3, 0.4) is 0 Å². The number of ether oxygens (including phenoxy) is 1. The van der Waals surface area contributed by atoms with Crippen molar-refractivity contribution < 1.29 is 4.74 Å². The Balaban J connectivity index is 1.93. The molecule has 0 amide bonds. The molecule has 3 nitrogen and oxygen atoms in total. The molecule has 0 aliphatic heterocycles. The quantitative estimate of drug-likeness (QED) is 0.826. The maximum absolute atomic E-state index is 5.64. The van der Waals surface area contributed by atoms with E-state index in [1.165, 1.54) is 11.3 Å². The maximum Gasteiger partial charge on any atom is 0.121 e. The molecule has 2 aromatic rings. The van der Waals surface area contributed by atoms with Crippen molar-refractivity contribution in [1.82, 2.24) is 0 Å².